The number of nitro benzene ring substituents is 1. The smallest absolute Gasteiger partial charge is 0.269 e. The largest absolute Gasteiger partial charge is 0.341 e. The van der Waals surface area contributed by atoms with E-state index in [4.69, 9.17) is 12.2 Å². The molecule has 84 valence electrons. The van der Waals surface area contributed by atoms with Crippen LogP contribution in [-0.2, 0) is 0 Å². The summed E-state index contributed by atoms with van der Waals surface area (Å²) >= 11 is 6.51. The van der Waals surface area contributed by atoms with Gasteiger partial charge >= 0.3 is 0 Å². The van der Waals surface area contributed by atoms with Crippen LogP contribution in [0.4, 0.5) is 11.4 Å². The predicted octanol–water partition coefficient (Wildman–Crippen LogP) is 3.21. The van der Waals surface area contributed by atoms with Crippen molar-refractivity contribution in [2.45, 2.75) is 0 Å². The van der Waals surface area contributed by atoms with Crippen LogP contribution in [0.5, 0.6) is 0 Å². The molecule has 0 aromatic heterocycles. The van der Waals surface area contributed by atoms with Crippen LogP contribution in [0, 0.1) is 10.1 Å². The molecule has 6 heteroatoms. The average molecular weight is 254 g/mol. The summed E-state index contributed by atoms with van der Waals surface area (Å²) in [4.78, 5) is 9.98. The number of hydrogen-bond donors (Lipinski definition) is 1. The van der Waals surface area contributed by atoms with E-state index in [2.05, 4.69) is 11.9 Å². The Morgan fingerprint density at radius 1 is 1.56 bits per heavy atom. The van der Waals surface area contributed by atoms with E-state index in [0.717, 1.165) is 11.4 Å². The molecule has 0 amide bonds. The Morgan fingerprint density at radius 2 is 2.19 bits per heavy atom. The molecule has 0 aliphatic rings. The van der Waals surface area contributed by atoms with Gasteiger partial charge in [0.1, 0.15) is 4.32 Å². The van der Waals surface area contributed by atoms with Gasteiger partial charge in [-0.05, 0) is 12.1 Å². The van der Waals surface area contributed by atoms with Gasteiger partial charge in [-0.15, -0.1) is 6.58 Å². The summed E-state index contributed by atoms with van der Waals surface area (Å²) < 4.78 is 0.619. The maximum absolute atomic E-state index is 10.4. The Balaban J connectivity index is 2.58. The zero-order valence-electron chi connectivity index (χ0n) is 8.38. The third-order valence-corrected chi connectivity index (χ3v) is 2.88. The van der Waals surface area contributed by atoms with Crippen LogP contribution in [-0.4, -0.2) is 15.0 Å². The summed E-state index contributed by atoms with van der Waals surface area (Å²) in [7, 11) is 0. The normalized spacial score (nSPS) is 9.50. The van der Waals surface area contributed by atoms with Crippen LogP contribution in [0.15, 0.2) is 36.9 Å². The van der Waals surface area contributed by atoms with E-state index >= 15 is 0 Å². The molecule has 0 fully saturated rings. The molecule has 16 heavy (non-hydrogen) atoms. The first kappa shape index (κ1) is 12.7. The second-order valence-electron chi connectivity index (χ2n) is 2.82. The molecule has 1 aromatic rings. The van der Waals surface area contributed by atoms with Crippen molar-refractivity contribution in [2.24, 2.45) is 0 Å². The quantitative estimate of drug-likeness (QED) is 0.387. The number of nitrogens with zero attached hydrogens (tertiary/aromatic N) is 1. The lowest BCUT2D eigenvalue weighted by Crippen LogP contribution is -2.04. The van der Waals surface area contributed by atoms with Gasteiger partial charge in [0.25, 0.3) is 5.69 Å². The molecule has 0 spiro atoms. The number of anilines is 1. The number of non-ortho nitro benzene ring substituents is 1. The SMILES string of the molecule is C=CCSC(=S)Nc1ccc([N+](=O)[O-])cc1. The molecule has 1 aromatic carbocycles. The maximum Gasteiger partial charge on any atom is 0.269 e. The summed E-state index contributed by atoms with van der Waals surface area (Å²) in [6.07, 6.45) is 1.76. The topological polar surface area (TPSA) is 55.2 Å². The second-order valence-corrected chi connectivity index (χ2v) is 4.51. The number of thiocarbonyl (C=S) groups is 1. The molecule has 0 aliphatic carbocycles. The monoisotopic (exact) mass is 254 g/mol. The molecule has 0 atom stereocenters. The highest BCUT2D eigenvalue weighted by Crippen LogP contribution is 2.17. The summed E-state index contributed by atoms with van der Waals surface area (Å²) in [5.41, 5.74) is 0.808. The van der Waals surface area contributed by atoms with Crippen LogP contribution in [0.2, 0.25) is 0 Å². The standard InChI is InChI=1S/C10H10N2O2S2/c1-2-7-16-10(15)11-8-3-5-9(6-4-8)12(13)14/h2-6H,1,7H2,(H,11,15). The van der Waals surface area contributed by atoms with E-state index in [1.807, 2.05) is 0 Å². The third-order valence-electron chi connectivity index (χ3n) is 1.66. The Kier molecular flexibility index (Phi) is 4.94. The Hall–Kier alpha value is -1.40. The first-order valence-corrected chi connectivity index (χ1v) is 5.82. The van der Waals surface area contributed by atoms with Gasteiger partial charge in [0.15, 0.2) is 0 Å². The molecule has 1 rings (SSSR count). The van der Waals surface area contributed by atoms with Gasteiger partial charge in [-0.3, -0.25) is 10.1 Å². The molecule has 0 unspecified atom stereocenters. The number of nitrogens with one attached hydrogen (secondary N) is 1. The zero-order chi connectivity index (χ0) is 12.0. The fraction of sp³-hybridized carbons (Fsp3) is 0.100. The third kappa shape index (κ3) is 4.00. The van der Waals surface area contributed by atoms with Crippen molar-refractivity contribution in [3.05, 3.63) is 47.0 Å². The van der Waals surface area contributed by atoms with Crippen molar-refractivity contribution in [3.63, 3.8) is 0 Å². The van der Waals surface area contributed by atoms with Crippen molar-refractivity contribution in [1.82, 2.24) is 0 Å². The number of nitro groups is 1. The zero-order valence-corrected chi connectivity index (χ0v) is 10.0. The summed E-state index contributed by atoms with van der Waals surface area (Å²) in [6, 6.07) is 6.12. The van der Waals surface area contributed by atoms with E-state index in [1.54, 1.807) is 18.2 Å². The molecular weight excluding hydrogens is 244 g/mol. The molecule has 4 nitrogen and oxygen atoms in total. The molecule has 0 saturated heterocycles. The predicted molar refractivity (Wildman–Crippen MR) is 72.0 cm³/mol. The number of thioether (sulfide) groups is 1. The number of hydrogen-bond acceptors (Lipinski definition) is 4. The number of benzene rings is 1. The Morgan fingerprint density at radius 3 is 2.69 bits per heavy atom. The summed E-state index contributed by atoms with van der Waals surface area (Å²) in [5.74, 6) is 0.735. The first-order chi connectivity index (χ1) is 7.63. The second kappa shape index (κ2) is 6.24. The molecule has 0 bridgehead atoms. The first-order valence-electron chi connectivity index (χ1n) is 4.42. The number of rotatable bonds is 4. The molecule has 0 saturated carbocycles. The Bertz CT molecular complexity index is 404. The van der Waals surface area contributed by atoms with Crippen LogP contribution >= 0.6 is 24.0 Å². The van der Waals surface area contributed by atoms with E-state index in [9.17, 15) is 10.1 Å². The fourth-order valence-corrected chi connectivity index (χ4v) is 1.74. The van der Waals surface area contributed by atoms with Gasteiger partial charge in [-0.2, -0.15) is 0 Å². The molecule has 0 radical (unpaired) electrons. The minimum absolute atomic E-state index is 0.0650. The molecule has 0 heterocycles. The lowest BCUT2D eigenvalue weighted by molar-refractivity contribution is -0.384. The maximum atomic E-state index is 10.4. The summed E-state index contributed by atoms with van der Waals surface area (Å²) in [6.45, 7) is 3.59. The van der Waals surface area contributed by atoms with E-state index in [1.165, 1.54) is 23.9 Å². The average Bonchev–Trinajstić information content (AvgIpc) is 2.27. The van der Waals surface area contributed by atoms with Crippen LogP contribution in [0.1, 0.15) is 0 Å². The van der Waals surface area contributed by atoms with Gasteiger partial charge in [0, 0.05) is 23.6 Å². The van der Waals surface area contributed by atoms with Gasteiger partial charge in [0.05, 0.1) is 4.92 Å². The van der Waals surface area contributed by atoms with Crippen molar-refractivity contribution in [3.8, 4) is 0 Å². The van der Waals surface area contributed by atoms with Crippen molar-refractivity contribution >= 4 is 39.7 Å². The van der Waals surface area contributed by atoms with Crippen molar-refractivity contribution in [1.29, 1.82) is 0 Å². The lowest BCUT2D eigenvalue weighted by Gasteiger charge is -2.05. The van der Waals surface area contributed by atoms with Gasteiger partial charge in [-0.1, -0.05) is 30.1 Å². The Labute approximate surface area is 103 Å². The van der Waals surface area contributed by atoms with Gasteiger partial charge in [0.2, 0.25) is 0 Å². The van der Waals surface area contributed by atoms with Crippen molar-refractivity contribution in [2.75, 3.05) is 11.1 Å². The van der Waals surface area contributed by atoms with E-state index < -0.39 is 4.92 Å². The minimum Gasteiger partial charge on any atom is -0.341 e. The lowest BCUT2D eigenvalue weighted by atomic mass is 10.3. The molecule has 0 aliphatic heterocycles. The van der Waals surface area contributed by atoms with Crippen molar-refractivity contribution < 1.29 is 4.92 Å². The van der Waals surface area contributed by atoms with Gasteiger partial charge < -0.3 is 5.32 Å². The van der Waals surface area contributed by atoms with Gasteiger partial charge in [-0.25, -0.2) is 0 Å². The highest BCUT2D eigenvalue weighted by molar-refractivity contribution is 8.23. The highest BCUT2D eigenvalue weighted by Gasteiger charge is 2.04. The van der Waals surface area contributed by atoms with Crippen LogP contribution in [0.25, 0.3) is 0 Å². The highest BCUT2D eigenvalue weighted by atomic mass is 32.2. The van der Waals surface area contributed by atoms with E-state index in [0.29, 0.717) is 4.32 Å². The van der Waals surface area contributed by atoms with Crippen LogP contribution in [0.3, 0.4) is 0 Å². The molecular formula is C10H10N2O2S2. The molecule has 1 N–H and O–H groups in total. The fourth-order valence-electron chi connectivity index (χ4n) is 0.955. The minimum atomic E-state index is -0.436. The van der Waals surface area contributed by atoms with E-state index in [-0.39, 0.29) is 5.69 Å². The summed E-state index contributed by atoms with van der Waals surface area (Å²) in [5, 5.41) is 13.4. The van der Waals surface area contributed by atoms with Crippen LogP contribution < -0.4 is 5.32 Å².